The standard InChI is InChI=1S/C22H15F5O2/c1-2-29-15-8-6-12-13-9-11(19(24)22(27)17(13)16(12)21(15)26)4-3-10-5-7-14(28)20(25)18(10)23/h5-9,28H,2-4H2,1H3. The number of aromatic hydroxyl groups is 1. The Morgan fingerprint density at radius 1 is 0.724 bits per heavy atom. The average Bonchev–Trinajstić information content (AvgIpc) is 2.69. The second kappa shape index (κ2) is 7.06. The fourth-order valence-electron chi connectivity index (χ4n) is 3.59. The predicted octanol–water partition coefficient (Wildman–Crippen LogP) is 5.92. The van der Waals surface area contributed by atoms with E-state index in [9.17, 15) is 22.0 Å². The summed E-state index contributed by atoms with van der Waals surface area (Å²) in [4.78, 5) is 0. The molecule has 0 saturated carbocycles. The molecule has 7 heteroatoms. The maximum Gasteiger partial charge on any atom is 0.200 e. The molecule has 1 aliphatic carbocycles. The summed E-state index contributed by atoms with van der Waals surface area (Å²) in [5, 5.41) is 9.17. The van der Waals surface area contributed by atoms with Crippen molar-refractivity contribution < 1.29 is 31.8 Å². The van der Waals surface area contributed by atoms with Gasteiger partial charge in [-0.3, -0.25) is 0 Å². The Hall–Kier alpha value is -3.09. The number of benzene rings is 3. The highest BCUT2D eigenvalue weighted by molar-refractivity contribution is 6.03. The third-order valence-corrected chi connectivity index (χ3v) is 5.03. The van der Waals surface area contributed by atoms with E-state index in [1.165, 1.54) is 18.2 Å². The van der Waals surface area contributed by atoms with Crippen molar-refractivity contribution in [1.82, 2.24) is 0 Å². The Kier molecular flexibility index (Phi) is 4.68. The van der Waals surface area contributed by atoms with Crippen LogP contribution in [-0.2, 0) is 12.8 Å². The van der Waals surface area contributed by atoms with Crippen LogP contribution in [0.3, 0.4) is 0 Å². The molecular formula is C22H15F5O2. The normalized spacial score (nSPS) is 11.7. The highest BCUT2D eigenvalue weighted by Crippen LogP contribution is 2.52. The highest BCUT2D eigenvalue weighted by Gasteiger charge is 2.34. The molecule has 0 spiro atoms. The Labute approximate surface area is 163 Å². The van der Waals surface area contributed by atoms with Crippen LogP contribution in [0.25, 0.3) is 22.3 Å². The molecule has 0 saturated heterocycles. The van der Waals surface area contributed by atoms with E-state index in [4.69, 9.17) is 9.84 Å². The molecule has 0 aliphatic heterocycles. The molecule has 0 atom stereocenters. The smallest absolute Gasteiger partial charge is 0.200 e. The summed E-state index contributed by atoms with van der Waals surface area (Å²) in [6.07, 6.45) is -0.214. The van der Waals surface area contributed by atoms with Crippen LogP contribution < -0.4 is 4.74 Å². The Morgan fingerprint density at radius 3 is 2.10 bits per heavy atom. The van der Waals surface area contributed by atoms with E-state index >= 15 is 0 Å². The van der Waals surface area contributed by atoms with Crippen molar-refractivity contribution in [3.05, 3.63) is 70.5 Å². The lowest BCUT2D eigenvalue weighted by molar-refractivity contribution is 0.322. The van der Waals surface area contributed by atoms with Crippen molar-refractivity contribution >= 4 is 0 Å². The molecule has 0 unspecified atom stereocenters. The first kappa shape index (κ1) is 19.2. The number of fused-ring (bicyclic) bond motifs is 4. The van der Waals surface area contributed by atoms with E-state index in [1.54, 1.807) is 13.0 Å². The summed E-state index contributed by atoms with van der Waals surface area (Å²) in [6.45, 7) is 1.91. The largest absolute Gasteiger partial charge is 0.505 e. The van der Waals surface area contributed by atoms with Crippen LogP contribution in [0.5, 0.6) is 11.5 Å². The molecule has 0 bridgehead atoms. The first-order valence-corrected chi connectivity index (χ1v) is 8.97. The first-order chi connectivity index (χ1) is 13.8. The maximum absolute atomic E-state index is 14.7. The van der Waals surface area contributed by atoms with E-state index in [2.05, 4.69) is 0 Å². The number of phenolic OH excluding ortho intramolecular Hbond substituents is 1. The summed E-state index contributed by atoms with van der Waals surface area (Å²) < 4.78 is 76.3. The summed E-state index contributed by atoms with van der Waals surface area (Å²) in [5.74, 6) is -6.57. The minimum Gasteiger partial charge on any atom is -0.505 e. The molecule has 3 aromatic carbocycles. The van der Waals surface area contributed by atoms with Crippen molar-refractivity contribution in [1.29, 1.82) is 0 Å². The van der Waals surface area contributed by atoms with Crippen molar-refractivity contribution in [2.75, 3.05) is 6.61 Å². The third-order valence-electron chi connectivity index (χ3n) is 5.03. The van der Waals surface area contributed by atoms with Crippen LogP contribution in [0.2, 0.25) is 0 Å². The average molecular weight is 406 g/mol. The lowest BCUT2D eigenvalue weighted by Gasteiger charge is -2.27. The van der Waals surface area contributed by atoms with Gasteiger partial charge < -0.3 is 9.84 Å². The summed E-state index contributed by atoms with van der Waals surface area (Å²) in [6, 6.07) is 6.57. The lowest BCUT2D eigenvalue weighted by Crippen LogP contribution is -2.11. The van der Waals surface area contributed by atoms with Crippen LogP contribution in [0.4, 0.5) is 22.0 Å². The molecule has 0 aromatic heterocycles. The molecule has 150 valence electrons. The zero-order chi connectivity index (χ0) is 20.9. The fourth-order valence-corrected chi connectivity index (χ4v) is 3.59. The molecule has 0 radical (unpaired) electrons. The zero-order valence-corrected chi connectivity index (χ0v) is 15.3. The van der Waals surface area contributed by atoms with Gasteiger partial charge in [0.1, 0.15) is 0 Å². The van der Waals surface area contributed by atoms with Crippen LogP contribution in [-0.4, -0.2) is 11.7 Å². The van der Waals surface area contributed by atoms with Gasteiger partial charge in [-0.15, -0.1) is 0 Å². The van der Waals surface area contributed by atoms with Gasteiger partial charge in [-0.25, -0.2) is 17.6 Å². The SMILES string of the molecule is CCOc1ccc2c(c1F)-c1c-2cc(CCc2ccc(O)c(F)c2F)c(F)c1F. The van der Waals surface area contributed by atoms with Crippen LogP contribution in [0.1, 0.15) is 18.1 Å². The van der Waals surface area contributed by atoms with E-state index in [-0.39, 0.29) is 47.5 Å². The van der Waals surface area contributed by atoms with Gasteiger partial charge in [0.15, 0.2) is 34.8 Å². The molecule has 0 amide bonds. The number of halogens is 5. The molecular weight excluding hydrogens is 391 g/mol. The van der Waals surface area contributed by atoms with Gasteiger partial charge in [-0.2, -0.15) is 4.39 Å². The number of ether oxygens (including phenoxy) is 1. The van der Waals surface area contributed by atoms with E-state index < -0.39 is 34.8 Å². The Morgan fingerprint density at radius 2 is 1.38 bits per heavy atom. The number of hydrogen-bond donors (Lipinski definition) is 1. The maximum atomic E-state index is 14.7. The molecule has 4 rings (SSSR count). The minimum atomic E-state index is -1.39. The van der Waals surface area contributed by atoms with Crippen molar-refractivity contribution in [3.8, 4) is 33.8 Å². The molecule has 3 aromatic rings. The van der Waals surface area contributed by atoms with Crippen molar-refractivity contribution in [2.24, 2.45) is 0 Å². The second-order valence-corrected chi connectivity index (χ2v) is 6.69. The summed E-state index contributed by atoms with van der Waals surface area (Å²) in [5.41, 5.74) is 0.503. The van der Waals surface area contributed by atoms with E-state index in [0.29, 0.717) is 11.1 Å². The van der Waals surface area contributed by atoms with Crippen molar-refractivity contribution in [3.63, 3.8) is 0 Å². The molecule has 1 aliphatic rings. The van der Waals surface area contributed by atoms with Gasteiger partial charge in [-0.05, 0) is 66.3 Å². The molecule has 0 fully saturated rings. The fraction of sp³-hybridized carbons (Fsp3) is 0.182. The molecule has 2 nitrogen and oxygen atoms in total. The Bertz CT molecular complexity index is 1140. The number of aryl methyl sites for hydroxylation is 2. The second-order valence-electron chi connectivity index (χ2n) is 6.69. The van der Waals surface area contributed by atoms with Gasteiger partial charge in [0.2, 0.25) is 5.82 Å². The quantitative estimate of drug-likeness (QED) is 0.417. The van der Waals surface area contributed by atoms with E-state index in [1.807, 2.05) is 0 Å². The summed E-state index contributed by atoms with van der Waals surface area (Å²) in [7, 11) is 0. The number of hydrogen-bond acceptors (Lipinski definition) is 2. The molecule has 29 heavy (non-hydrogen) atoms. The number of rotatable bonds is 5. The molecule has 1 N–H and O–H groups in total. The molecule has 0 heterocycles. The van der Waals surface area contributed by atoms with Gasteiger partial charge in [-0.1, -0.05) is 6.07 Å². The van der Waals surface area contributed by atoms with E-state index in [0.717, 1.165) is 6.07 Å². The minimum absolute atomic E-state index is 0.0273. The van der Waals surface area contributed by atoms with Crippen LogP contribution in [0.15, 0.2) is 30.3 Å². The van der Waals surface area contributed by atoms with Crippen LogP contribution in [0, 0.1) is 29.1 Å². The van der Waals surface area contributed by atoms with Gasteiger partial charge in [0, 0.05) is 11.1 Å². The van der Waals surface area contributed by atoms with Crippen LogP contribution >= 0.6 is 0 Å². The third kappa shape index (κ3) is 2.92. The number of phenols is 1. The van der Waals surface area contributed by atoms with Gasteiger partial charge >= 0.3 is 0 Å². The predicted molar refractivity (Wildman–Crippen MR) is 97.3 cm³/mol. The first-order valence-electron chi connectivity index (χ1n) is 8.97. The zero-order valence-electron chi connectivity index (χ0n) is 15.3. The van der Waals surface area contributed by atoms with Crippen molar-refractivity contribution in [2.45, 2.75) is 19.8 Å². The monoisotopic (exact) mass is 406 g/mol. The topological polar surface area (TPSA) is 29.5 Å². The Balaban J connectivity index is 1.67. The van der Waals surface area contributed by atoms with Gasteiger partial charge in [0.05, 0.1) is 6.61 Å². The summed E-state index contributed by atoms with van der Waals surface area (Å²) >= 11 is 0. The highest BCUT2D eigenvalue weighted by atomic mass is 19.2. The van der Waals surface area contributed by atoms with Gasteiger partial charge in [0.25, 0.3) is 0 Å². The lowest BCUT2D eigenvalue weighted by atomic mass is 9.78.